The van der Waals surface area contributed by atoms with E-state index >= 15 is 0 Å². The zero-order valence-electron chi connectivity index (χ0n) is 22.3. The van der Waals surface area contributed by atoms with Crippen LogP contribution in [0.5, 0.6) is 11.5 Å². The molecule has 0 saturated carbocycles. The van der Waals surface area contributed by atoms with Gasteiger partial charge in [-0.2, -0.15) is 0 Å². The van der Waals surface area contributed by atoms with Gasteiger partial charge in [0.05, 0.1) is 17.1 Å². The van der Waals surface area contributed by atoms with Gasteiger partial charge in [-0.3, -0.25) is 0 Å². The van der Waals surface area contributed by atoms with Crippen LogP contribution in [0.2, 0.25) is 0 Å². The van der Waals surface area contributed by atoms with Crippen molar-refractivity contribution in [3.8, 4) is 11.5 Å². The normalized spacial score (nSPS) is 13.0. The predicted molar refractivity (Wildman–Crippen MR) is 154 cm³/mol. The fourth-order valence-corrected chi connectivity index (χ4v) is 5.79. The highest BCUT2D eigenvalue weighted by atomic mass is 16.5. The molecule has 0 bridgehead atoms. The van der Waals surface area contributed by atoms with E-state index in [1.807, 2.05) is 0 Å². The number of nitrogens with zero attached hydrogens (tertiary/aromatic N) is 1. The van der Waals surface area contributed by atoms with Gasteiger partial charge in [0.25, 0.3) is 0 Å². The molecule has 0 spiro atoms. The minimum absolute atomic E-state index is 0.0917. The third kappa shape index (κ3) is 3.32. The summed E-state index contributed by atoms with van der Waals surface area (Å²) in [6, 6.07) is 26.5. The maximum absolute atomic E-state index is 6.82. The zero-order chi connectivity index (χ0) is 25.4. The number of hydrogen-bond acceptors (Lipinski definition) is 2. The van der Waals surface area contributed by atoms with Crippen LogP contribution >= 0.6 is 0 Å². The third-order valence-corrected chi connectivity index (χ3v) is 7.73. The van der Waals surface area contributed by atoms with Gasteiger partial charge in [-0.1, -0.05) is 81.4 Å². The number of fused-ring (bicyclic) bond motifs is 4. The predicted octanol–water partition coefficient (Wildman–Crippen LogP) is 10.1. The van der Waals surface area contributed by atoms with Gasteiger partial charge in [-0.05, 0) is 83.5 Å². The smallest absolute Gasteiger partial charge is 0.155 e. The Kier molecular flexibility index (Phi) is 4.95. The molecule has 0 radical (unpaired) electrons. The maximum atomic E-state index is 6.82. The van der Waals surface area contributed by atoms with E-state index in [2.05, 4.69) is 126 Å². The molecule has 1 heterocycles. The van der Waals surface area contributed by atoms with Crippen molar-refractivity contribution in [3.63, 3.8) is 0 Å². The first-order valence-electron chi connectivity index (χ1n) is 12.8. The molecule has 2 heteroatoms. The van der Waals surface area contributed by atoms with Crippen molar-refractivity contribution >= 4 is 38.6 Å². The van der Waals surface area contributed by atoms with Crippen LogP contribution in [0.15, 0.2) is 72.8 Å². The Bertz CT molecular complexity index is 1570. The first-order chi connectivity index (χ1) is 17.1. The average molecular weight is 472 g/mol. The van der Waals surface area contributed by atoms with Crippen LogP contribution in [0.1, 0.15) is 48.6 Å². The highest BCUT2D eigenvalue weighted by Gasteiger charge is 2.32. The third-order valence-electron chi connectivity index (χ3n) is 7.73. The average Bonchev–Trinajstić information content (AvgIpc) is 2.84. The Morgan fingerprint density at radius 2 is 1.06 bits per heavy atom. The number of anilines is 3. The summed E-state index contributed by atoms with van der Waals surface area (Å²) in [5.41, 5.74) is 9.78. The first-order valence-corrected chi connectivity index (χ1v) is 12.8. The summed E-state index contributed by atoms with van der Waals surface area (Å²) >= 11 is 0. The highest BCUT2D eigenvalue weighted by Crippen LogP contribution is 2.56. The summed E-state index contributed by atoms with van der Waals surface area (Å²) in [5, 5.41) is 4.92. The second-order valence-electron chi connectivity index (χ2n) is 11.3. The molecule has 36 heavy (non-hydrogen) atoms. The van der Waals surface area contributed by atoms with Crippen LogP contribution in [-0.4, -0.2) is 0 Å². The van der Waals surface area contributed by atoms with E-state index < -0.39 is 0 Å². The lowest BCUT2D eigenvalue weighted by Crippen LogP contribution is -2.20. The minimum atomic E-state index is 0.0917. The number of hydrogen-bond donors (Lipinski definition) is 0. The Balaban J connectivity index is 1.73. The zero-order valence-corrected chi connectivity index (χ0v) is 22.3. The van der Waals surface area contributed by atoms with E-state index in [1.54, 1.807) is 0 Å². The molecule has 1 aliphatic rings. The van der Waals surface area contributed by atoms with Gasteiger partial charge in [-0.15, -0.1) is 0 Å². The summed E-state index contributed by atoms with van der Waals surface area (Å²) in [5.74, 6) is 1.89. The van der Waals surface area contributed by atoms with Crippen LogP contribution in [0.4, 0.5) is 17.1 Å². The molecule has 0 amide bonds. The molecule has 0 atom stereocenters. The number of benzene rings is 5. The quantitative estimate of drug-likeness (QED) is 0.236. The molecule has 0 saturated heterocycles. The van der Waals surface area contributed by atoms with E-state index in [-0.39, 0.29) is 5.41 Å². The lowest BCUT2D eigenvalue weighted by atomic mass is 9.84. The SMILES string of the molecule is Cc1cc(C(C)(C)C)cc(C)c1N1c2cc3ccccc3c(C)c2Oc2c1cc1ccccc1c2C. The van der Waals surface area contributed by atoms with Crippen molar-refractivity contribution in [2.45, 2.75) is 53.9 Å². The molecule has 6 rings (SSSR count). The van der Waals surface area contributed by atoms with Gasteiger partial charge in [0.15, 0.2) is 11.5 Å². The van der Waals surface area contributed by atoms with E-state index in [0.717, 1.165) is 22.9 Å². The van der Waals surface area contributed by atoms with Gasteiger partial charge < -0.3 is 9.64 Å². The largest absolute Gasteiger partial charge is 0.452 e. The van der Waals surface area contributed by atoms with Crippen LogP contribution in [0, 0.1) is 27.7 Å². The van der Waals surface area contributed by atoms with Crippen LogP contribution in [0.25, 0.3) is 21.5 Å². The molecule has 0 N–H and O–H groups in total. The molecule has 2 nitrogen and oxygen atoms in total. The molecule has 180 valence electrons. The first kappa shape index (κ1) is 22.7. The van der Waals surface area contributed by atoms with Crippen molar-refractivity contribution in [3.05, 3.63) is 101 Å². The highest BCUT2D eigenvalue weighted by molar-refractivity contribution is 6.02. The topological polar surface area (TPSA) is 12.5 Å². The summed E-state index contributed by atoms with van der Waals surface area (Å²) in [6.45, 7) is 15.7. The van der Waals surface area contributed by atoms with Gasteiger partial charge >= 0.3 is 0 Å². The molecular weight excluding hydrogens is 438 g/mol. The minimum Gasteiger partial charge on any atom is -0.452 e. The lowest BCUT2D eigenvalue weighted by Gasteiger charge is -2.37. The van der Waals surface area contributed by atoms with Crippen LogP contribution < -0.4 is 9.64 Å². The van der Waals surface area contributed by atoms with Crippen LogP contribution in [0.3, 0.4) is 0 Å². The standard InChI is InChI=1S/C34H33NO/c1-20-16-26(34(5,6)7)17-21(2)31(20)35-29-18-24-12-8-10-14-27(24)22(3)32(29)36-33-23(4)28-15-11-9-13-25(28)19-30(33)35/h8-19H,1-7H3. The van der Waals surface area contributed by atoms with Gasteiger partial charge in [-0.25, -0.2) is 0 Å². The lowest BCUT2D eigenvalue weighted by molar-refractivity contribution is 0.471. The Morgan fingerprint density at radius 3 is 1.50 bits per heavy atom. The summed E-state index contributed by atoms with van der Waals surface area (Å²) in [4.78, 5) is 2.45. The van der Waals surface area contributed by atoms with Gasteiger partial charge in [0, 0.05) is 11.1 Å². The second-order valence-corrected chi connectivity index (χ2v) is 11.3. The van der Waals surface area contributed by atoms with Gasteiger partial charge in [0.2, 0.25) is 0 Å². The van der Waals surface area contributed by atoms with E-state index in [9.17, 15) is 0 Å². The Morgan fingerprint density at radius 1 is 0.611 bits per heavy atom. The second kappa shape index (κ2) is 7.86. The van der Waals surface area contributed by atoms with Crippen molar-refractivity contribution in [1.29, 1.82) is 0 Å². The molecule has 1 aliphatic heterocycles. The van der Waals surface area contributed by atoms with Crippen molar-refractivity contribution in [2.75, 3.05) is 4.90 Å². The van der Waals surface area contributed by atoms with Crippen LogP contribution in [-0.2, 0) is 5.41 Å². The number of rotatable bonds is 1. The number of aryl methyl sites for hydroxylation is 4. The molecule has 0 unspecified atom stereocenters. The summed E-state index contributed by atoms with van der Waals surface area (Å²) in [6.07, 6.45) is 0. The Labute approximate surface area is 214 Å². The van der Waals surface area contributed by atoms with Gasteiger partial charge in [0.1, 0.15) is 0 Å². The monoisotopic (exact) mass is 471 g/mol. The summed E-state index contributed by atoms with van der Waals surface area (Å²) < 4.78 is 6.82. The fraction of sp³-hybridized carbons (Fsp3) is 0.235. The van der Waals surface area contributed by atoms with E-state index in [1.165, 1.54) is 55.0 Å². The fourth-order valence-electron chi connectivity index (χ4n) is 5.79. The summed E-state index contributed by atoms with van der Waals surface area (Å²) in [7, 11) is 0. The van der Waals surface area contributed by atoms with E-state index in [4.69, 9.17) is 4.74 Å². The molecule has 5 aromatic carbocycles. The van der Waals surface area contributed by atoms with Crippen molar-refractivity contribution in [1.82, 2.24) is 0 Å². The molecule has 0 aliphatic carbocycles. The Hall–Kier alpha value is -3.78. The maximum Gasteiger partial charge on any atom is 0.155 e. The molecule has 0 aromatic heterocycles. The van der Waals surface area contributed by atoms with Crippen molar-refractivity contribution in [2.24, 2.45) is 0 Å². The molecular formula is C34H33NO. The van der Waals surface area contributed by atoms with Crippen molar-refractivity contribution < 1.29 is 4.74 Å². The van der Waals surface area contributed by atoms with E-state index in [0.29, 0.717) is 0 Å². The molecule has 0 fully saturated rings. The molecule has 5 aromatic rings. The number of ether oxygens (including phenoxy) is 1.